The number of benzene rings is 1. The number of anilines is 2. The second-order valence-corrected chi connectivity index (χ2v) is 6.13. The zero-order chi connectivity index (χ0) is 13.1. The minimum atomic E-state index is 0.0921. The van der Waals surface area contributed by atoms with Crippen LogP contribution in [-0.2, 0) is 0 Å². The van der Waals surface area contributed by atoms with Crippen molar-refractivity contribution in [2.24, 2.45) is 5.73 Å². The van der Waals surface area contributed by atoms with Gasteiger partial charge in [0, 0.05) is 10.7 Å². The van der Waals surface area contributed by atoms with E-state index in [1.807, 2.05) is 36.6 Å². The minimum absolute atomic E-state index is 0.0921. The van der Waals surface area contributed by atoms with Crippen LogP contribution in [0.5, 0.6) is 0 Å². The quantitative estimate of drug-likeness (QED) is 0.451. The van der Waals surface area contributed by atoms with Crippen molar-refractivity contribution in [1.82, 2.24) is 0 Å². The molecule has 4 N–H and O–H groups in total. The highest BCUT2D eigenvalue weighted by atomic mass is 35.5. The van der Waals surface area contributed by atoms with E-state index >= 15 is 0 Å². The Kier molecular flexibility index (Phi) is 4.16. The van der Waals surface area contributed by atoms with Crippen molar-refractivity contribution in [1.29, 1.82) is 5.41 Å². The van der Waals surface area contributed by atoms with Crippen LogP contribution in [0.3, 0.4) is 0 Å². The number of nitrogens with two attached hydrogens (primary N) is 1. The first-order chi connectivity index (χ1) is 8.60. The van der Waals surface area contributed by atoms with Crippen molar-refractivity contribution >= 4 is 51.9 Å². The number of halogens is 1. The molecule has 0 radical (unpaired) electrons. The maximum absolute atomic E-state index is 7.46. The Morgan fingerprint density at radius 1 is 1.44 bits per heavy atom. The van der Waals surface area contributed by atoms with Gasteiger partial charge in [-0.05, 0) is 30.5 Å². The molecular formula is C12H12ClN3S2. The first kappa shape index (κ1) is 13.3. The van der Waals surface area contributed by atoms with Crippen molar-refractivity contribution in [2.75, 3.05) is 11.6 Å². The van der Waals surface area contributed by atoms with Crippen LogP contribution >= 0.6 is 34.7 Å². The van der Waals surface area contributed by atoms with Crippen LogP contribution < -0.4 is 11.1 Å². The Morgan fingerprint density at radius 3 is 2.83 bits per heavy atom. The maximum atomic E-state index is 7.46. The standard InChI is InChI=1S/C12H12ClN3S2/c1-17-12-9(6-10(18-12)11(14)15)16-8-4-2-3-7(13)5-8/h2-6,16H,1H3,(H3,14,15). The lowest BCUT2D eigenvalue weighted by molar-refractivity contribution is 1.45. The molecule has 18 heavy (non-hydrogen) atoms. The molecule has 0 aliphatic heterocycles. The number of hydrogen-bond donors (Lipinski definition) is 3. The summed E-state index contributed by atoms with van der Waals surface area (Å²) in [5, 5.41) is 11.4. The molecule has 2 aromatic rings. The van der Waals surface area contributed by atoms with Gasteiger partial charge < -0.3 is 11.1 Å². The third-order valence-electron chi connectivity index (χ3n) is 2.25. The minimum Gasteiger partial charge on any atom is -0.383 e. The summed E-state index contributed by atoms with van der Waals surface area (Å²) in [6.07, 6.45) is 2.00. The molecule has 0 fully saturated rings. The topological polar surface area (TPSA) is 61.9 Å². The van der Waals surface area contributed by atoms with Gasteiger partial charge in [-0.1, -0.05) is 17.7 Å². The smallest absolute Gasteiger partial charge is 0.133 e. The fraction of sp³-hybridized carbons (Fsp3) is 0.0833. The van der Waals surface area contributed by atoms with Crippen molar-refractivity contribution in [2.45, 2.75) is 4.21 Å². The Morgan fingerprint density at radius 2 is 2.22 bits per heavy atom. The lowest BCUT2D eigenvalue weighted by Crippen LogP contribution is -2.08. The second kappa shape index (κ2) is 5.65. The van der Waals surface area contributed by atoms with E-state index < -0.39 is 0 Å². The molecule has 94 valence electrons. The van der Waals surface area contributed by atoms with Gasteiger partial charge in [0.15, 0.2) is 0 Å². The van der Waals surface area contributed by atoms with Gasteiger partial charge in [0.1, 0.15) is 5.84 Å². The number of hydrogen-bond acceptors (Lipinski definition) is 4. The number of nitrogens with one attached hydrogen (secondary N) is 2. The van der Waals surface area contributed by atoms with Gasteiger partial charge >= 0.3 is 0 Å². The monoisotopic (exact) mass is 297 g/mol. The predicted molar refractivity (Wildman–Crippen MR) is 81.9 cm³/mol. The molecule has 0 atom stereocenters. The zero-order valence-corrected chi connectivity index (χ0v) is 12.0. The molecule has 1 aromatic carbocycles. The largest absolute Gasteiger partial charge is 0.383 e. The fourth-order valence-corrected chi connectivity index (χ4v) is 3.30. The molecule has 1 heterocycles. The van der Waals surface area contributed by atoms with Gasteiger partial charge in [0.05, 0.1) is 14.8 Å². The lowest BCUT2D eigenvalue weighted by atomic mass is 10.3. The van der Waals surface area contributed by atoms with E-state index in [1.165, 1.54) is 11.3 Å². The Bertz CT molecular complexity index is 580. The fourth-order valence-electron chi connectivity index (χ4n) is 1.47. The first-order valence-electron chi connectivity index (χ1n) is 5.15. The summed E-state index contributed by atoms with van der Waals surface area (Å²) in [4.78, 5) is 0.767. The highest BCUT2D eigenvalue weighted by Gasteiger charge is 2.10. The number of thiophene rings is 1. The third kappa shape index (κ3) is 2.98. The number of rotatable bonds is 4. The van der Waals surface area contributed by atoms with Crippen molar-refractivity contribution < 1.29 is 0 Å². The molecule has 0 aliphatic carbocycles. The van der Waals surface area contributed by atoms with Crippen LogP contribution in [0.4, 0.5) is 11.4 Å². The average molecular weight is 298 g/mol. The van der Waals surface area contributed by atoms with Gasteiger partial charge in [-0.15, -0.1) is 23.1 Å². The molecular weight excluding hydrogens is 286 g/mol. The molecule has 0 spiro atoms. The summed E-state index contributed by atoms with van der Waals surface area (Å²) in [5.74, 6) is 0.0921. The van der Waals surface area contributed by atoms with Crippen LogP contribution in [-0.4, -0.2) is 12.1 Å². The van der Waals surface area contributed by atoms with Gasteiger partial charge in [-0.25, -0.2) is 0 Å². The van der Waals surface area contributed by atoms with Crippen LogP contribution in [0.15, 0.2) is 34.5 Å². The Balaban J connectivity index is 2.30. The third-order valence-corrected chi connectivity index (χ3v) is 4.79. The Labute approximate surface area is 119 Å². The lowest BCUT2D eigenvalue weighted by Gasteiger charge is -2.06. The average Bonchev–Trinajstić information content (AvgIpc) is 2.72. The molecule has 0 saturated carbocycles. The zero-order valence-electron chi connectivity index (χ0n) is 9.66. The SMILES string of the molecule is CSc1sc(C(=N)N)cc1Nc1cccc(Cl)c1. The number of thioether (sulfide) groups is 1. The van der Waals surface area contributed by atoms with Gasteiger partial charge in [0.2, 0.25) is 0 Å². The highest BCUT2D eigenvalue weighted by molar-refractivity contribution is 8.00. The van der Waals surface area contributed by atoms with E-state index in [2.05, 4.69) is 5.32 Å². The van der Waals surface area contributed by atoms with E-state index in [1.54, 1.807) is 11.8 Å². The molecule has 0 aliphatic rings. The van der Waals surface area contributed by atoms with Crippen molar-refractivity contribution in [3.8, 4) is 0 Å². The molecule has 0 amide bonds. The molecule has 0 unspecified atom stereocenters. The van der Waals surface area contributed by atoms with E-state index in [0.717, 1.165) is 20.5 Å². The van der Waals surface area contributed by atoms with Crippen molar-refractivity contribution in [3.05, 3.63) is 40.2 Å². The summed E-state index contributed by atoms with van der Waals surface area (Å²) >= 11 is 9.08. The summed E-state index contributed by atoms with van der Waals surface area (Å²) in [6, 6.07) is 9.41. The first-order valence-corrected chi connectivity index (χ1v) is 7.57. The van der Waals surface area contributed by atoms with E-state index in [4.69, 9.17) is 22.7 Å². The van der Waals surface area contributed by atoms with E-state index in [9.17, 15) is 0 Å². The van der Waals surface area contributed by atoms with Crippen molar-refractivity contribution in [3.63, 3.8) is 0 Å². The van der Waals surface area contributed by atoms with Crippen LogP contribution in [0.2, 0.25) is 5.02 Å². The second-order valence-electron chi connectivity index (χ2n) is 3.56. The number of nitrogen functional groups attached to an aromatic ring is 1. The van der Waals surface area contributed by atoms with Gasteiger partial charge in [0.25, 0.3) is 0 Å². The molecule has 0 saturated heterocycles. The van der Waals surface area contributed by atoms with Gasteiger partial charge in [-0.3, -0.25) is 5.41 Å². The molecule has 6 heteroatoms. The molecule has 1 aromatic heterocycles. The molecule has 0 bridgehead atoms. The Hall–Kier alpha value is -1.17. The summed E-state index contributed by atoms with van der Waals surface area (Å²) < 4.78 is 1.10. The summed E-state index contributed by atoms with van der Waals surface area (Å²) in [5.41, 5.74) is 7.38. The van der Waals surface area contributed by atoms with Crippen LogP contribution in [0.25, 0.3) is 0 Å². The van der Waals surface area contributed by atoms with Crippen LogP contribution in [0.1, 0.15) is 4.88 Å². The number of amidine groups is 1. The van der Waals surface area contributed by atoms with E-state index in [-0.39, 0.29) is 5.84 Å². The summed E-state index contributed by atoms with van der Waals surface area (Å²) in [6.45, 7) is 0. The highest BCUT2D eigenvalue weighted by Crippen LogP contribution is 2.36. The molecule has 2 rings (SSSR count). The van der Waals surface area contributed by atoms with E-state index in [0.29, 0.717) is 5.02 Å². The van der Waals surface area contributed by atoms with Gasteiger partial charge in [-0.2, -0.15) is 0 Å². The summed E-state index contributed by atoms with van der Waals surface area (Å²) in [7, 11) is 0. The molecule has 3 nitrogen and oxygen atoms in total. The van der Waals surface area contributed by atoms with Crippen LogP contribution in [0, 0.1) is 5.41 Å². The predicted octanol–water partition coefficient (Wildman–Crippen LogP) is 4.15. The normalized spacial score (nSPS) is 10.3. The maximum Gasteiger partial charge on any atom is 0.133 e.